The Balaban J connectivity index is 1.26. The van der Waals surface area contributed by atoms with Gasteiger partial charge >= 0.3 is 0 Å². The van der Waals surface area contributed by atoms with Gasteiger partial charge in [-0.2, -0.15) is 0 Å². The second-order valence-electron chi connectivity index (χ2n) is 7.26. The van der Waals surface area contributed by atoms with Crippen LogP contribution in [0.15, 0.2) is 24.3 Å². The first kappa shape index (κ1) is 17.5. The van der Waals surface area contributed by atoms with Crippen LogP contribution in [0.25, 0.3) is 10.2 Å². The first-order valence-electron chi connectivity index (χ1n) is 9.62. The molecular formula is C20H25N3O2S. The summed E-state index contributed by atoms with van der Waals surface area (Å²) in [6.07, 6.45) is 5.09. The molecule has 4 rings (SSSR count). The number of para-hydroxylation sites is 1. The van der Waals surface area contributed by atoms with E-state index in [4.69, 9.17) is 0 Å². The van der Waals surface area contributed by atoms with Crippen molar-refractivity contribution in [3.05, 3.63) is 29.3 Å². The Morgan fingerprint density at radius 2 is 1.77 bits per heavy atom. The first-order valence-corrected chi connectivity index (χ1v) is 10.4. The number of carbonyl (C=O) groups excluding carboxylic acids is 2. The molecule has 26 heavy (non-hydrogen) atoms. The van der Waals surface area contributed by atoms with Crippen molar-refractivity contribution in [2.75, 3.05) is 26.2 Å². The van der Waals surface area contributed by atoms with E-state index in [0.29, 0.717) is 31.8 Å². The Labute approximate surface area is 158 Å². The van der Waals surface area contributed by atoms with Gasteiger partial charge in [-0.05, 0) is 37.8 Å². The number of rotatable bonds is 4. The maximum atomic E-state index is 12.5. The van der Waals surface area contributed by atoms with Crippen LogP contribution in [-0.4, -0.2) is 52.8 Å². The second kappa shape index (κ2) is 7.74. The van der Waals surface area contributed by atoms with Gasteiger partial charge in [-0.1, -0.05) is 12.1 Å². The van der Waals surface area contributed by atoms with E-state index in [0.717, 1.165) is 49.3 Å². The standard InChI is InChI=1S/C20H25N3O2S/c24-19(8-7-18-21-16-5-1-2-6-17(16)26-18)22-13-9-15(10-14-22)20(25)23-11-3-4-12-23/h1-2,5-6,15H,3-4,7-14H2. The van der Waals surface area contributed by atoms with Crippen LogP contribution in [0.5, 0.6) is 0 Å². The summed E-state index contributed by atoms with van der Waals surface area (Å²) < 4.78 is 1.18. The van der Waals surface area contributed by atoms with E-state index in [1.165, 1.54) is 4.70 Å². The average Bonchev–Trinajstić information content (AvgIpc) is 3.35. The lowest BCUT2D eigenvalue weighted by atomic mass is 9.95. The lowest BCUT2D eigenvalue weighted by Crippen LogP contribution is -2.43. The number of likely N-dealkylation sites (tertiary alicyclic amines) is 2. The quantitative estimate of drug-likeness (QED) is 0.830. The molecule has 6 heteroatoms. The number of carbonyl (C=O) groups is 2. The average molecular weight is 372 g/mol. The summed E-state index contributed by atoms with van der Waals surface area (Å²) in [6, 6.07) is 8.09. The minimum Gasteiger partial charge on any atom is -0.343 e. The van der Waals surface area contributed by atoms with Crippen LogP contribution in [0, 0.1) is 5.92 Å². The third-order valence-electron chi connectivity index (χ3n) is 5.51. The van der Waals surface area contributed by atoms with Crippen molar-refractivity contribution in [3.8, 4) is 0 Å². The van der Waals surface area contributed by atoms with Gasteiger partial charge in [0.1, 0.15) is 0 Å². The van der Waals surface area contributed by atoms with Crippen LogP contribution in [-0.2, 0) is 16.0 Å². The van der Waals surface area contributed by atoms with E-state index in [1.807, 2.05) is 28.0 Å². The molecule has 2 aliphatic rings. The molecule has 0 unspecified atom stereocenters. The Bertz CT molecular complexity index is 756. The molecule has 0 aliphatic carbocycles. The minimum atomic E-state index is 0.112. The number of aryl methyl sites for hydroxylation is 1. The molecule has 0 radical (unpaired) electrons. The fourth-order valence-electron chi connectivity index (χ4n) is 3.97. The van der Waals surface area contributed by atoms with Crippen molar-refractivity contribution in [3.63, 3.8) is 0 Å². The predicted molar refractivity (Wildman–Crippen MR) is 103 cm³/mol. The third-order valence-corrected chi connectivity index (χ3v) is 6.60. The number of hydrogen-bond acceptors (Lipinski definition) is 4. The molecule has 0 bridgehead atoms. The van der Waals surface area contributed by atoms with E-state index >= 15 is 0 Å². The van der Waals surface area contributed by atoms with E-state index in [9.17, 15) is 9.59 Å². The minimum absolute atomic E-state index is 0.112. The number of amides is 2. The third kappa shape index (κ3) is 3.75. The highest BCUT2D eigenvalue weighted by Crippen LogP contribution is 2.24. The molecule has 138 valence electrons. The molecule has 1 aromatic carbocycles. The molecule has 1 aromatic heterocycles. The molecule has 2 aromatic rings. The molecule has 2 amide bonds. The Morgan fingerprint density at radius 1 is 1.04 bits per heavy atom. The zero-order valence-electron chi connectivity index (χ0n) is 15.0. The molecule has 2 aliphatic heterocycles. The van der Waals surface area contributed by atoms with Gasteiger partial charge in [0.25, 0.3) is 0 Å². The summed E-state index contributed by atoms with van der Waals surface area (Å²) >= 11 is 1.67. The molecule has 0 N–H and O–H groups in total. The normalized spacial score (nSPS) is 18.6. The van der Waals surface area contributed by atoms with Crippen molar-refractivity contribution in [1.29, 1.82) is 0 Å². The van der Waals surface area contributed by atoms with Crippen molar-refractivity contribution < 1.29 is 9.59 Å². The van der Waals surface area contributed by atoms with Crippen molar-refractivity contribution >= 4 is 33.4 Å². The summed E-state index contributed by atoms with van der Waals surface area (Å²) in [5, 5.41) is 1.03. The second-order valence-corrected chi connectivity index (χ2v) is 8.38. The summed E-state index contributed by atoms with van der Waals surface area (Å²) in [7, 11) is 0. The Kier molecular flexibility index (Phi) is 5.20. The summed E-state index contributed by atoms with van der Waals surface area (Å²) in [6.45, 7) is 3.26. The predicted octanol–water partition coefficient (Wildman–Crippen LogP) is 3.09. The fraction of sp³-hybridized carbons (Fsp3) is 0.550. The summed E-state index contributed by atoms with van der Waals surface area (Å²) in [5.74, 6) is 0.613. The van der Waals surface area contributed by atoms with Gasteiger partial charge in [0.05, 0.1) is 15.2 Å². The maximum absolute atomic E-state index is 12.5. The smallest absolute Gasteiger partial charge is 0.225 e. The van der Waals surface area contributed by atoms with Crippen molar-refractivity contribution in [1.82, 2.24) is 14.8 Å². The largest absolute Gasteiger partial charge is 0.343 e. The molecule has 0 saturated carbocycles. The highest BCUT2D eigenvalue weighted by Gasteiger charge is 2.31. The highest BCUT2D eigenvalue weighted by atomic mass is 32.1. The van der Waals surface area contributed by atoms with E-state index in [-0.39, 0.29) is 11.8 Å². The van der Waals surface area contributed by atoms with Crippen LogP contribution in [0.1, 0.15) is 37.1 Å². The molecular weight excluding hydrogens is 346 g/mol. The Morgan fingerprint density at radius 3 is 2.50 bits per heavy atom. The zero-order chi connectivity index (χ0) is 17.9. The van der Waals surface area contributed by atoms with E-state index < -0.39 is 0 Å². The number of benzene rings is 1. The molecule has 2 fully saturated rings. The monoisotopic (exact) mass is 371 g/mol. The summed E-state index contributed by atoms with van der Waals surface area (Å²) in [4.78, 5) is 33.6. The van der Waals surface area contributed by atoms with Gasteiger partial charge in [0.15, 0.2) is 0 Å². The maximum Gasteiger partial charge on any atom is 0.225 e. The number of thiazole rings is 1. The molecule has 0 spiro atoms. The molecule has 2 saturated heterocycles. The Hall–Kier alpha value is -1.95. The highest BCUT2D eigenvalue weighted by molar-refractivity contribution is 7.18. The lowest BCUT2D eigenvalue weighted by Gasteiger charge is -2.33. The zero-order valence-corrected chi connectivity index (χ0v) is 15.8. The van der Waals surface area contributed by atoms with Gasteiger partial charge in [-0.3, -0.25) is 9.59 Å². The molecule has 5 nitrogen and oxygen atoms in total. The van der Waals surface area contributed by atoms with Gasteiger partial charge in [0, 0.05) is 44.9 Å². The number of nitrogens with zero attached hydrogens (tertiary/aromatic N) is 3. The molecule has 0 atom stereocenters. The van der Waals surface area contributed by atoms with E-state index in [1.54, 1.807) is 11.3 Å². The van der Waals surface area contributed by atoms with Crippen molar-refractivity contribution in [2.45, 2.75) is 38.5 Å². The number of hydrogen-bond donors (Lipinski definition) is 0. The fourth-order valence-corrected chi connectivity index (χ4v) is 4.94. The molecule has 3 heterocycles. The number of aromatic nitrogens is 1. The topological polar surface area (TPSA) is 53.5 Å². The van der Waals surface area contributed by atoms with Gasteiger partial charge in [-0.25, -0.2) is 4.98 Å². The van der Waals surface area contributed by atoms with Crippen molar-refractivity contribution in [2.24, 2.45) is 5.92 Å². The van der Waals surface area contributed by atoms with E-state index in [2.05, 4.69) is 11.1 Å². The van der Waals surface area contributed by atoms with Gasteiger partial charge < -0.3 is 9.80 Å². The number of piperidine rings is 1. The SMILES string of the molecule is O=C(CCc1nc2ccccc2s1)N1CCC(C(=O)N2CCCC2)CC1. The lowest BCUT2D eigenvalue weighted by molar-refractivity contribution is -0.140. The first-order chi connectivity index (χ1) is 12.7. The van der Waals surface area contributed by atoms with Crippen LogP contribution >= 0.6 is 11.3 Å². The van der Waals surface area contributed by atoms with Crippen LogP contribution in [0.3, 0.4) is 0 Å². The van der Waals surface area contributed by atoms with Crippen LogP contribution in [0.2, 0.25) is 0 Å². The van der Waals surface area contributed by atoms with Crippen LogP contribution in [0.4, 0.5) is 0 Å². The summed E-state index contributed by atoms with van der Waals surface area (Å²) in [5.41, 5.74) is 1.01. The van der Waals surface area contributed by atoms with Crippen LogP contribution < -0.4 is 0 Å². The van der Waals surface area contributed by atoms with Gasteiger partial charge in [0.2, 0.25) is 11.8 Å². The number of fused-ring (bicyclic) bond motifs is 1. The van der Waals surface area contributed by atoms with Gasteiger partial charge in [-0.15, -0.1) is 11.3 Å².